The van der Waals surface area contributed by atoms with Crippen LogP contribution in [0.25, 0.3) is 0 Å². The normalized spacial score (nSPS) is 18.9. The number of thioether (sulfide) groups is 1. The molecule has 0 aromatic heterocycles. The lowest BCUT2D eigenvalue weighted by Crippen LogP contribution is -2.43. The van der Waals surface area contributed by atoms with Crippen LogP contribution in [0.4, 0.5) is 14.9 Å². The standard InChI is InChI=1S/C14H19FN2O2S/c1-20-13-5-4-11(7-12(13)15)16-14(19)17-6-2-3-10(8-17)9-18/h4-5,7,10,18H,2-3,6,8-9H2,1H3,(H,16,19). The number of hydrogen-bond acceptors (Lipinski definition) is 3. The quantitative estimate of drug-likeness (QED) is 0.844. The largest absolute Gasteiger partial charge is 0.396 e. The van der Waals surface area contributed by atoms with Crippen LogP contribution in [0.1, 0.15) is 12.8 Å². The van der Waals surface area contributed by atoms with Crippen LogP contribution in [0.3, 0.4) is 0 Å². The maximum atomic E-state index is 13.6. The molecule has 0 radical (unpaired) electrons. The molecule has 6 heteroatoms. The first kappa shape index (κ1) is 15.1. The van der Waals surface area contributed by atoms with Gasteiger partial charge in [0.05, 0.1) is 0 Å². The van der Waals surface area contributed by atoms with E-state index >= 15 is 0 Å². The molecule has 2 N–H and O–H groups in total. The molecule has 110 valence electrons. The van der Waals surface area contributed by atoms with Crippen molar-refractivity contribution < 1.29 is 14.3 Å². The van der Waals surface area contributed by atoms with E-state index < -0.39 is 0 Å². The summed E-state index contributed by atoms with van der Waals surface area (Å²) in [6.45, 7) is 1.32. The van der Waals surface area contributed by atoms with Gasteiger partial charge in [0.25, 0.3) is 0 Å². The Balaban J connectivity index is 1.98. The topological polar surface area (TPSA) is 52.6 Å². The first-order valence-corrected chi connectivity index (χ1v) is 7.87. The van der Waals surface area contributed by atoms with Crippen molar-refractivity contribution in [2.45, 2.75) is 17.7 Å². The van der Waals surface area contributed by atoms with Crippen molar-refractivity contribution >= 4 is 23.5 Å². The minimum Gasteiger partial charge on any atom is -0.396 e. The fourth-order valence-corrected chi connectivity index (χ4v) is 2.80. The third kappa shape index (κ3) is 3.64. The molecule has 1 aliphatic rings. The highest BCUT2D eigenvalue weighted by atomic mass is 32.2. The van der Waals surface area contributed by atoms with Gasteiger partial charge in [-0.15, -0.1) is 11.8 Å². The lowest BCUT2D eigenvalue weighted by molar-refractivity contribution is 0.136. The Hall–Kier alpha value is -1.27. The van der Waals surface area contributed by atoms with Crippen molar-refractivity contribution in [1.29, 1.82) is 0 Å². The maximum absolute atomic E-state index is 13.6. The van der Waals surface area contributed by atoms with Gasteiger partial charge in [0, 0.05) is 30.3 Å². The third-order valence-electron chi connectivity index (χ3n) is 3.47. The Morgan fingerprint density at radius 3 is 3.05 bits per heavy atom. The van der Waals surface area contributed by atoms with E-state index in [2.05, 4.69) is 5.32 Å². The lowest BCUT2D eigenvalue weighted by atomic mass is 9.99. The fraction of sp³-hybridized carbons (Fsp3) is 0.500. The smallest absolute Gasteiger partial charge is 0.321 e. The van der Waals surface area contributed by atoms with Crippen molar-refractivity contribution in [1.82, 2.24) is 4.90 Å². The Labute approximate surface area is 122 Å². The molecular formula is C14H19FN2O2S. The van der Waals surface area contributed by atoms with Crippen molar-refractivity contribution in [3.63, 3.8) is 0 Å². The summed E-state index contributed by atoms with van der Waals surface area (Å²) in [5, 5.41) is 11.9. The molecule has 0 saturated carbocycles. The van der Waals surface area contributed by atoms with Gasteiger partial charge in [0.15, 0.2) is 0 Å². The number of nitrogens with zero attached hydrogens (tertiary/aromatic N) is 1. The summed E-state index contributed by atoms with van der Waals surface area (Å²) < 4.78 is 13.6. The number of urea groups is 1. The molecule has 1 atom stereocenters. The summed E-state index contributed by atoms with van der Waals surface area (Å²) >= 11 is 1.33. The molecule has 1 fully saturated rings. The third-order valence-corrected chi connectivity index (χ3v) is 4.24. The zero-order chi connectivity index (χ0) is 14.5. The molecule has 1 unspecified atom stereocenters. The summed E-state index contributed by atoms with van der Waals surface area (Å²) in [7, 11) is 0. The van der Waals surface area contributed by atoms with E-state index in [1.165, 1.54) is 17.8 Å². The van der Waals surface area contributed by atoms with E-state index in [0.29, 0.717) is 23.7 Å². The first-order chi connectivity index (χ1) is 9.63. The number of nitrogens with one attached hydrogen (secondary N) is 1. The van der Waals surface area contributed by atoms with Crippen LogP contribution >= 0.6 is 11.8 Å². The van der Waals surface area contributed by atoms with E-state index in [4.69, 9.17) is 5.11 Å². The number of benzene rings is 1. The second-order valence-corrected chi connectivity index (χ2v) is 5.76. The highest BCUT2D eigenvalue weighted by Crippen LogP contribution is 2.23. The second kappa shape index (κ2) is 6.95. The monoisotopic (exact) mass is 298 g/mol. The van der Waals surface area contributed by atoms with Gasteiger partial charge >= 0.3 is 6.03 Å². The van der Waals surface area contributed by atoms with E-state index in [1.807, 2.05) is 0 Å². The van der Waals surface area contributed by atoms with Crippen molar-refractivity contribution in [3.8, 4) is 0 Å². The number of aliphatic hydroxyl groups excluding tert-OH is 1. The average molecular weight is 298 g/mol. The van der Waals surface area contributed by atoms with Gasteiger partial charge in [-0.05, 0) is 43.2 Å². The summed E-state index contributed by atoms with van der Waals surface area (Å²) in [4.78, 5) is 14.3. The van der Waals surface area contributed by atoms with Crippen molar-refractivity contribution in [2.75, 3.05) is 31.3 Å². The molecule has 1 aromatic carbocycles. The summed E-state index contributed by atoms with van der Waals surface area (Å²) in [6.07, 6.45) is 3.63. The molecule has 0 bridgehead atoms. The number of halogens is 1. The molecular weight excluding hydrogens is 279 g/mol. The average Bonchev–Trinajstić information content (AvgIpc) is 2.47. The van der Waals surface area contributed by atoms with Crippen LogP contribution in [0.5, 0.6) is 0 Å². The van der Waals surface area contributed by atoms with Crippen LogP contribution in [0.15, 0.2) is 23.1 Å². The van der Waals surface area contributed by atoms with Gasteiger partial charge in [-0.25, -0.2) is 9.18 Å². The zero-order valence-corrected chi connectivity index (χ0v) is 12.3. The molecule has 0 spiro atoms. The van der Waals surface area contributed by atoms with E-state index in [1.54, 1.807) is 23.3 Å². The van der Waals surface area contributed by atoms with Crippen molar-refractivity contribution in [2.24, 2.45) is 5.92 Å². The number of carbonyl (C=O) groups excluding carboxylic acids is 1. The minimum atomic E-state index is -0.331. The Morgan fingerprint density at radius 2 is 2.40 bits per heavy atom. The minimum absolute atomic E-state index is 0.0980. The number of anilines is 1. The van der Waals surface area contributed by atoms with Crippen LogP contribution in [0.2, 0.25) is 0 Å². The van der Waals surface area contributed by atoms with Gasteiger partial charge in [0.1, 0.15) is 5.82 Å². The molecule has 1 heterocycles. The Bertz CT molecular complexity index is 484. The Morgan fingerprint density at radius 1 is 1.60 bits per heavy atom. The molecule has 20 heavy (non-hydrogen) atoms. The van der Waals surface area contributed by atoms with Gasteiger partial charge in [-0.3, -0.25) is 0 Å². The number of carbonyl (C=O) groups is 1. The number of rotatable bonds is 3. The van der Waals surface area contributed by atoms with Crippen LogP contribution in [0, 0.1) is 11.7 Å². The molecule has 4 nitrogen and oxygen atoms in total. The molecule has 1 saturated heterocycles. The van der Waals surface area contributed by atoms with Gasteiger partial charge in [-0.2, -0.15) is 0 Å². The van der Waals surface area contributed by atoms with E-state index in [9.17, 15) is 9.18 Å². The molecule has 2 rings (SSSR count). The van der Waals surface area contributed by atoms with E-state index in [-0.39, 0.29) is 24.4 Å². The summed E-state index contributed by atoms with van der Waals surface area (Å²) in [6, 6.07) is 4.44. The molecule has 0 aliphatic carbocycles. The zero-order valence-electron chi connectivity index (χ0n) is 11.4. The SMILES string of the molecule is CSc1ccc(NC(=O)N2CCCC(CO)C2)cc1F. The maximum Gasteiger partial charge on any atom is 0.321 e. The lowest BCUT2D eigenvalue weighted by Gasteiger charge is -2.31. The van der Waals surface area contributed by atoms with Gasteiger partial charge in [-0.1, -0.05) is 0 Å². The molecule has 2 amide bonds. The Kier molecular flexibility index (Phi) is 5.25. The number of likely N-dealkylation sites (tertiary alicyclic amines) is 1. The van der Waals surface area contributed by atoms with E-state index in [0.717, 1.165) is 12.8 Å². The number of hydrogen-bond donors (Lipinski definition) is 2. The number of amides is 2. The second-order valence-electron chi connectivity index (χ2n) is 4.92. The predicted molar refractivity (Wildman–Crippen MR) is 78.6 cm³/mol. The van der Waals surface area contributed by atoms with Crippen molar-refractivity contribution in [3.05, 3.63) is 24.0 Å². The molecule has 1 aliphatic heterocycles. The summed E-state index contributed by atoms with van der Waals surface area (Å²) in [5.41, 5.74) is 0.455. The summed E-state index contributed by atoms with van der Waals surface area (Å²) in [5.74, 6) is -0.188. The highest BCUT2D eigenvalue weighted by Gasteiger charge is 2.23. The number of piperidine rings is 1. The van der Waals surface area contributed by atoms with Crippen LogP contribution in [-0.4, -0.2) is 42.0 Å². The van der Waals surface area contributed by atoms with Crippen LogP contribution in [-0.2, 0) is 0 Å². The number of aliphatic hydroxyl groups is 1. The van der Waals surface area contributed by atoms with Crippen LogP contribution < -0.4 is 5.32 Å². The molecule has 1 aromatic rings. The predicted octanol–water partition coefficient (Wildman–Crippen LogP) is 2.78. The fourth-order valence-electron chi connectivity index (χ4n) is 2.35. The first-order valence-electron chi connectivity index (χ1n) is 6.64. The van der Waals surface area contributed by atoms with Gasteiger partial charge < -0.3 is 15.3 Å². The highest BCUT2D eigenvalue weighted by molar-refractivity contribution is 7.98. The van der Waals surface area contributed by atoms with Gasteiger partial charge in [0.2, 0.25) is 0 Å².